The van der Waals surface area contributed by atoms with Gasteiger partial charge in [0.15, 0.2) is 0 Å². The standard InChI is InChI=1S/C18H20BrNOS/c19-13-7-8-17-14(10-13)18(21)16(11-22-17)20-9-3-5-12-4-1-2-6-15(12)20/h7-8,10-12,15H,1-6,9H2/t12-,15-/m0/s1. The van der Waals surface area contributed by atoms with Crippen LogP contribution in [-0.4, -0.2) is 12.6 Å². The number of piperidine rings is 1. The molecule has 2 aliphatic rings. The fourth-order valence-electron chi connectivity index (χ4n) is 4.22. The molecule has 4 heteroatoms. The average Bonchev–Trinajstić information content (AvgIpc) is 2.55. The van der Waals surface area contributed by atoms with Gasteiger partial charge < -0.3 is 4.90 Å². The van der Waals surface area contributed by atoms with Gasteiger partial charge >= 0.3 is 0 Å². The molecule has 0 amide bonds. The van der Waals surface area contributed by atoms with E-state index in [4.69, 9.17) is 0 Å². The number of nitrogens with zero attached hydrogens (tertiary/aromatic N) is 1. The van der Waals surface area contributed by atoms with Crippen molar-refractivity contribution in [3.05, 3.63) is 38.3 Å². The molecule has 1 saturated heterocycles. The van der Waals surface area contributed by atoms with Gasteiger partial charge in [0, 0.05) is 32.5 Å². The highest BCUT2D eigenvalue weighted by Crippen LogP contribution is 2.37. The Morgan fingerprint density at radius 2 is 1.95 bits per heavy atom. The summed E-state index contributed by atoms with van der Waals surface area (Å²) < 4.78 is 2.06. The van der Waals surface area contributed by atoms with Crippen molar-refractivity contribution in [3.8, 4) is 0 Å². The second-order valence-electron chi connectivity index (χ2n) is 6.54. The summed E-state index contributed by atoms with van der Waals surface area (Å²) in [4.78, 5) is 15.4. The van der Waals surface area contributed by atoms with Crippen molar-refractivity contribution in [2.45, 2.75) is 44.6 Å². The van der Waals surface area contributed by atoms with Gasteiger partial charge in [0.2, 0.25) is 5.43 Å². The zero-order valence-electron chi connectivity index (χ0n) is 12.6. The number of hydrogen-bond acceptors (Lipinski definition) is 3. The summed E-state index contributed by atoms with van der Waals surface area (Å²) in [5.41, 5.74) is 1.15. The molecule has 1 saturated carbocycles. The number of anilines is 1. The van der Waals surface area contributed by atoms with Gasteiger partial charge in [-0.1, -0.05) is 28.8 Å². The highest BCUT2D eigenvalue weighted by molar-refractivity contribution is 9.10. The molecule has 1 aliphatic heterocycles. The fourth-order valence-corrected chi connectivity index (χ4v) is 5.48. The molecular weight excluding hydrogens is 358 g/mol. The van der Waals surface area contributed by atoms with Crippen LogP contribution >= 0.6 is 27.3 Å². The van der Waals surface area contributed by atoms with Crippen LogP contribution in [-0.2, 0) is 0 Å². The maximum absolute atomic E-state index is 13.0. The molecule has 2 fully saturated rings. The van der Waals surface area contributed by atoms with Gasteiger partial charge in [0.25, 0.3) is 0 Å². The second-order valence-corrected chi connectivity index (χ2v) is 8.36. The van der Waals surface area contributed by atoms with E-state index in [9.17, 15) is 4.79 Å². The molecule has 0 spiro atoms. The van der Waals surface area contributed by atoms with E-state index in [1.54, 1.807) is 11.3 Å². The van der Waals surface area contributed by atoms with E-state index in [2.05, 4.69) is 26.2 Å². The summed E-state index contributed by atoms with van der Waals surface area (Å²) >= 11 is 5.19. The van der Waals surface area contributed by atoms with E-state index in [-0.39, 0.29) is 5.43 Å². The number of hydrogen-bond donors (Lipinski definition) is 0. The van der Waals surface area contributed by atoms with Gasteiger partial charge in [0.1, 0.15) is 0 Å². The van der Waals surface area contributed by atoms with Crippen molar-refractivity contribution in [3.63, 3.8) is 0 Å². The van der Waals surface area contributed by atoms with Crippen LogP contribution in [0.25, 0.3) is 10.1 Å². The molecule has 2 atom stereocenters. The van der Waals surface area contributed by atoms with Crippen molar-refractivity contribution in [1.82, 2.24) is 0 Å². The summed E-state index contributed by atoms with van der Waals surface area (Å²) in [7, 11) is 0. The van der Waals surface area contributed by atoms with E-state index in [1.807, 2.05) is 18.2 Å². The quantitative estimate of drug-likeness (QED) is 0.681. The van der Waals surface area contributed by atoms with Crippen LogP contribution < -0.4 is 10.3 Å². The van der Waals surface area contributed by atoms with Crippen LogP contribution in [0.4, 0.5) is 5.69 Å². The first kappa shape index (κ1) is 14.7. The van der Waals surface area contributed by atoms with Gasteiger partial charge in [-0.3, -0.25) is 4.79 Å². The van der Waals surface area contributed by atoms with Gasteiger partial charge in [-0.05, 0) is 49.8 Å². The Hall–Kier alpha value is -0.870. The molecule has 1 aromatic carbocycles. The Morgan fingerprint density at radius 3 is 2.86 bits per heavy atom. The summed E-state index contributed by atoms with van der Waals surface area (Å²) in [6.07, 6.45) is 7.85. The van der Waals surface area contributed by atoms with Crippen molar-refractivity contribution in [2.75, 3.05) is 11.4 Å². The Labute approximate surface area is 143 Å². The van der Waals surface area contributed by atoms with Gasteiger partial charge in [-0.25, -0.2) is 0 Å². The summed E-state index contributed by atoms with van der Waals surface area (Å²) in [6, 6.07) is 6.61. The van der Waals surface area contributed by atoms with Crippen LogP contribution in [0.5, 0.6) is 0 Å². The van der Waals surface area contributed by atoms with Crippen LogP contribution in [0.1, 0.15) is 38.5 Å². The highest BCUT2D eigenvalue weighted by Gasteiger charge is 2.34. The molecule has 0 unspecified atom stereocenters. The molecule has 0 bridgehead atoms. The second kappa shape index (κ2) is 5.97. The van der Waals surface area contributed by atoms with Crippen molar-refractivity contribution in [1.29, 1.82) is 0 Å². The third-order valence-corrected chi connectivity index (χ3v) is 6.71. The van der Waals surface area contributed by atoms with Crippen molar-refractivity contribution in [2.24, 2.45) is 5.92 Å². The smallest absolute Gasteiger partial charge is 0.211 e. The Kier molecular flexibility index (Phi) is 3.99. The minimum absolute atomic E-state index is 0.210. The van der Waals surface area contributed by atoms with E-state index in [0.717, 1.165) is 32.7 Å². The fraction of sp³-hybridized carbons (Fsp3) is 0.500. The average molecular weight is 378 g/mol. The first-order valence-corrected chi connectivity index (χ1v) is 9.89. The lowest BCUT2D eigenvalue weighted by Gasteiger charge is -2.45. The molecule has 0 radical (unpaired) electrons. The minimum atomic E-state index is 0.210. The predicted molar refractivity (Wildman–Crippen MR) is 98.1 cm³/mol. The highest BCUT2D eigenvalue weighted by atomic mass is 79.9. The molecule has 1 aliphatic carbocycles. The molecular formula is C18H20BrNOS. The monoisotopic (exact) mass is 377 g/mol. The Bertz CT molecular complexity index is 754. The number of rotatable bonds is 1. The third kappa shape index (κ3) is 2.50. The Balaban J connectivity index is 1.79. The molecule has 1 aromatic heterocycles. The van der Waals surface area contributed by atoms with E-state index >= 15 is 0 Å². The minimum Gasteiger partial charge on any atom is -0.364 e. The van der Waals surface area contributed by atoms with Gasteiger partial charge in [-0.2, -0.15) is 0 Å². The first-order chi connectivity index (χ1) is 10.7. The maximum atomic E-state index is 13.0. The number of fused-ring (bicyclic) bond motifs is 2. The largest absolute Gasteiger partial charge is 0.364 e. The zero-order chi connectivity index (χ0) is 15.1. The molecule has 116 valence electrons. The van der Waals surface area contributed by atoms with Crippen LogP contribution in [0.3, 0.4) is 0 Å². The molecule has 0 N–H and O–H groups in total. The zero-order valence-corrected chi connectivity index (χ0v) is 15.0. The summed E-state index contributed by atoms with van der Waals surface area (Å²) in [5, 5.41) is 2.95. The van der Waals surface area contributed by atoms with E-state index in [1.165, 1.54) is 38.5 Å². The summed E-state index contributed by atoms with van der Waals surface area (Å²) in [6.45, 7) is 1.04. The lowest BCUT2D eigenvalue weighted by Crippen LogP contribution is -2.48. The van der Waals surface area contributed by atoms with Crippen molar-refractivity contribution >= 4 is 43.0 Å². The Morgan fingerprint density at radius 1 is 1.14 bits per heavy atom. The van der Waals surface area contributed by atoms with Crippen molar-refractivity contribution < 1.29 is 0 Å². The molecule has 22 heavy (non-hydrogen) atoms. The number of benzene rings is 1. The van der Waals surface area contributed by atoms with Gasteiger partial charge in [0.05, 0.1) is 5.69 Å². The maximum Gasteiger partial charge on any atom is 0.211 e. The predicted octanol–water partition coefficient (Wildman–Crippen LogP) is 5.18. The lowest BCUT2D eigenvalue weighted by atomic mass is 9.78. The lowest BCUT2D eigenvalue weighted by molar-refractivity contribution is 0.243. The van der Waals surface area contributed by atoms with E-state index < -0.39 is 0 Å². The molecule has 2 nitrogen and oxygen atoms in total. The SMILES string of the molecule is O=c1c(N2CCC[C@@H]3CCCC[C@@H]32)csc2ccc(Br)cc12. The van der Waals surface area contributed by atoms with Gasteiger partial charge in [-0.15, -0.1) is 11.3 Å². The molecule has 2 heterocycles. The third-order valence-electron chi connectivity index (χ3n) is 5.27. The van der Waals surface area contributed by atoms with Crippen LogP contribution in [0, 0.1) is 5.92 Å². The van der Waals surface area contributed by atoms with Crippen LogP contribution in [0.2, 0.25) is 0 Å². The normalized spacial score (nSPS) is 25.2. The molecule has 4 rings (SSSR count). The first-order valence-electron chi connectivity index (χ1n) is 8.22. The molecule has 2 aromatic rings. The topological polar surface area (TPSA) is 20.3 Å². The summed E-state index contributed by atoms with van der Waals surface area (Å²) in [5.74, 6) is 0.796. The van der Waals surface area contributed by atoms with E-state index in [0.29, 0.717) is 6.04 Å². The number of halogens is 1. The van der Waals surface area contributed by atoms with Crippen LogP contribution in [0.15, 0.2) is 32.8 Å².